The van der Waals surface area contributed by atoms with Gasteiger partial charge in [0.15, 0.2) is 5.82 Å². The van der Waals surface area contributed by atoms with E-state index in [0.29, 0.717) is 11.8 Å². The molecule has 0 bridgehead atoms. The van der Waals surface area contributed by atoms with Gasteiger partial charge in [-0.15, -0.1) is 20.4 Å². The molecule has 0 N–H and O–H groups in total. The van der Waals surface area contributed by atoms with E-state index in [1.54, 1.807) is 10.9 Å². The van der Waals surface area contributed by atoms with Gasteiger partial charge in [-0.3, -0.25) is 4.68 Å². The normalized spacial score (nSPS) is 16.6. The van der Waals surface area contributed by atoms with Crippen molar-refractivity contribution in [1.29, 1.82) is 0 Å². The van der Waals surface area contributed by atoms with Crippen LogP contribution < -0.4 is 0 Å². The molecule has 8 nitrogen and oxygen atoms in total. The molecule has 130 valence electrons. The first-order valence-electron chi connectivity index (χ1n) is 8.58. The van der Waals surface area contributed by atoms with Crippen molar-refractivity contribution in [3.63, 3.8) is 0 Å². The Balaban J connectivity index is 1.44. The molecule has 0 radical (unpaired) electrons. The van der Waals surface area contributed by atoms with E-state index in [4.69, 9.17) is 4.42 Å². The molecule has 26 heavy (non-hydrogen) atoms. The van der Waals surface area contributed by atoms with Crippen LogP contribution in [0.15, 0.2) is 47.1 Å². The molecular weight excluding hydrogens is 330 g/mol. The van der Waals surface area contributed by atoms with Crippen LogP contribution in [-0.2, 0) is 20.0 Å². The van der Waals surface area contributed by atoms with Crippen molar-refractivity contribution < 1.29 is 4.42 Å². The molecule has 1 aliphatic heterocycles. The monoisotopic (exact) mass is 347 g/mol. The fraction of sp³-hybridized carbons (Fsp3) is 0.278. The molecule has 0 fully saturated rings. The second kappa shape index (κ2) is 5.91. The van der Waals surface area contributed by atoms with E-state index in [0.717, 1.165) is 42.2 Å². The Kier molecular flexibility index (Phi) is 3.41. The first-order valence-corrected chi connectivity index (χ1v) is 8.58. The summed E-state index contributed by atoms with van der Waals surface area (Å²) in [5.41, 5.74) is 1.89. The lowest BCUT2D eigenvalue weighted by Crippen LogP contribution is -2.20. The van der Waals surface area contributed by atoms with Crippen LogP contribution in [0.5, 0.6) is 0 Å². The quantitative estimate of drug-likeness (QED) is 0.566. The smallest absolute Gasteiger partial charge is 0.250 e. The summed E-state index contributed by atoms with van der Waals surface area (Å²) in [7, 11) is 1.86. The number of aromatic nitrogens is 7. The van der Waals surface area contributed by atoms with Crippen molar-refractivity contribution in [1.82, 2.24) is 34.7 Å². The summed E-state index contributed by atoms with van der Waals surface area (Å²) in [6.45, 7) is 0.737. The standard InChI is InChI=1S/C18H17N7O/c1-24-10-14(9-19-24)18-23-22-17(26-18)13-7-8-15-20-21-16(25(15)11-13)12-5-3-2-4-6-12/h2-6,9-10,13H,7-8,11H2,1H3. The highest BCUT2D eigenvalue weighted by Gasteiger charge is 2.28. The minimum Gasteiger partial charge on any atom is -0.420 e. The van der Waals surface area contributed by atoms with Crippen LogP contribution in [-0.4, -0.2) is 34.7 Å². The zero-order valence-electron chi connectivity index (χ0n) is 14.3. The number of benzene rings is 1. The average molecular weight is 347 g/mol. The summed E-state index contributed by atoms with van der Waals surface area (Å²) in [6, 6.07) is 10.1. The third-order valence-corrected chi connectivity index (χ3v) is 4.72. The van der Waals surface area contributed by atoms with Crippen molar-refractivity contribution in [2.24, 2.45) is 7.05 Å². The lowest BCUT2D eigenvalue weighted by Gasteiger charge is -2.21. The SMILES string of the molecule is Cn1cc(-c2nnc(C3CCc4nnc(-c5ccccc5)n4C3)o2)cn1. The van der Waals surface area contributed by atoms with Crippen molar-refractivity contribution in [2.45, 2.75) is 25.3 Å². The summed E-state index contributed by atoms with van der Waals surface area (Å²) in [6.07, 6.45) is 5.35. The minimum absolute atomic E-state index is 0.152. The maximum Gasteiger partial charge on any atom is 0.250 e. The molecule has 3 aromatic heterocycles. The second-order valence-electron chi connectivity index (χ2n) is 6.50. The topological polar surface area (TPSA) is 87.5 Å². The van der Waals surface area contributed by atoms with E-state index in [9.17, 15) is 0 Å². The zero-order chi connectivity index (χ0) is 17.5. The van der Waals surface area contributed by atoms with Crippen LogP contribution in [0.25, 0.3) is 22.8 Å². The van der Waals surface area contributed by atoms with E-state index in [1.807, 2.05) is 43.6 Å². The van der Waals surface area contributed by atoms with Crippen molar-refractivity contribution >= 4 is 0 Å². The van der Waals surface area contributed by atoms with Gasteiger partial charge < -0.3 is 8.98 Å². The summed E-state index contributed by atoms with van der Waals surface area (Å²) in [4.78, 5) is 0. The number of hydrogen-bond acceptors (Lipinski definition) is 6. The van der Waals surface area contributed by atoms with Crippen LogP contribution in [0.4, 0.5) is 0 Å². The van der Waals surface area contributed by atoms with Crippen LogP contribution in [0.3, 0.4) is 0 Å². The minimum atomic E-state index is 0.152. The molecule has 0 aliphatic carbocycles. The van der Waals surface area contributed by atoms with Gasteiger partial charge in [0.1, 0.15) is 5.82 Å². The first kappa shape index (κ1) is 15.0. The Hall–Kier alpha value is -3.29. The van der Waals surface area contributed by atoms with Crippen molar-refractivity contribution in [3.8, 4) is 22.8 Å². The van der Waals surface area contributed by atoms with E-state index < -0.39 is 0 Å². The molecule has 0 spiro atoms. The van der Waals surface area contributed by atoms with Gasteiger partial charge >= 0.3 is 0 Å². The molecule has 0 amide bonds. The zero-order valence-corrected chi connectivity index (χ0v) is 14.3. The van der Waals surface area contributed by atoms with Gasteiger partial charge in [0, 0.05) is 31.8 Å². The number of fused-ring (bicyclic) bond motifs is 1. The summed E-state index contributed by atoms with van der Waals surface area (Å²) >= 11 is 0. The van der Waals surface area contributed by atoms with Gasteiger partial charge in [0.05, 0.1) is 17.7 Å². The molecule has 0 saturated carbocycles. The fourth-order valence-corrected chi connectivity index (χ4v) is 3.38. The number of rotatable bonds is 3. The predicted octanol–water partition coefficient (Wildman–Crippen LogP) is 2.46. The van der Waals surface area contributed by atoms with Crippen molar-refractivity contribution in [2.75, 3.05) is 0 Å². The summed E-state index contributed by atoms with van der Waals surface area (Å²) in [5.74, 6) is 3.21. The Morgan fingerprint density at radius 1 is 1.04 bits per heavy atom. The second-order valence-corrected chi connectivity index (χ2v) is 6.50. The largest absolute Gasteiger partial charge is 0.420 e. The Labute approximate surface area is 149 Å². The highest BCUT2D eigenvalue weighted by molar-refractivity contribution is 5.55. The third-order valence-electron chi connectivity index (χ3n) is 4.72. The highest BCUT2D eigenvalue weighted by Crippen LogP contribution is 2.32. The van der Waals surface area contributed by atoms with Gasteiger partial charge in [-0.05, 0) is 6.42 Å². The lowest BCUT2D eigenvalue weighted by atomic mass is 9.99. The predicted molar refractivity (Wildman–Crippen MR) is 93.0 cm³/mol. The van der Waals surface area contributed by atoms with Crippen molar-refractivity contribution in [3.05, 3.63) is 54.4 Å². The fourth-order valence-electron chi connectivity index (χ4n) is 3.38. The molecule has 1 atom stereocenters. The molecule has 8 heteroatoms. The first-order chi connectivity index (χ1) is 12.8. The van der Waals surface area contributed by atoms with Crippen LogP contribution >= 0.6 is 0 Å². The van der Waals surface area contributed by atoms with Crippen LogP contribution in [0, 0.1) is 0 Å². The molecule has 0 saturated heterocycles. The number of hydrogen-bond donors (Lipinski definition) is 0. The molecular formula is C18H17N7O. The molecule has 1 aliphatic rings. The summed E-state index contributed by atoms with van der Waals surface area (Å²) < 4.78 is 9.81. The molecule has 1 aromatic carbocycles. The number of nitrogens with zero attached hydrogens (tertiary/aromatic N) is 7. The maximum atomic E-state index is 5.93. The maximum absolute atomic E-state index is 5.93. The molecule has 4 aromatic rings. The van der Waals surface area contributed by atoms with E-state index in [-0.39, 0.29) is 5.92 Å². The van der Waals surface area contributed by atoms with E-state index >= 15 is 0 Å². The Morgan fingerprint density at radius 2 is 1.92 bits per heavy atom. The van der Waals surface area contributed by atoms with Crippen LogP contribution in [0.1, 0.15) is 24.1 Å². The molecule has 1 unspecified atom stereocenters. The molecule has 5 rings (SSSR count). The molecule has 4 heterocycles. The van der Waals surface area contributed by atoms with Crippen LogP contribution in [0.2, 0.25) is 0 Å². The highest BCUT2D eigenvalue weighted by atomic mass is 16.4. The third kappa shape index (κ3) is 2.50. The van der Waals surface area contributed by atoms with Gasteiger partial charge in [0.25, 0.3) is 5.89 Å². The Morgan fingerprint density at radius 3 is 2.73 bits per heavy atom. The Bertz CT molecular complexity index is 1050. The average Bonchev–Trinajstić information content (AvgIpc) is 3.41. The van der Waals surface area contributed by atoms with Gasteiger partial charge in [0.2, 0.25) is 5.89 Å². The van der Waals surface area contributed by atoms with Gasteiger partial charge in [-0.25, -0.2) is 0 Å². The van der Waals surface area contributed by atoms with E-state index in [1.165, 1.54) is 0 Å². The summed E-state index contributed by atoms with van der Waals surface area (Å²) in [5, 5.41) is 21.4. The van der Waals surface area contributed by atoms with Gasteiger partial charge in [-0.2, -0.15) is 5.10 Å². The number of aryl methyl sites for hydroxylation is 2. The van der Waals surface area contributed by atoms with Gasteiger partial charge in [-0.1, -0.05) is 30.3 Å². The lowest BCUT2D eigenvalue weighted by molar-refractivity contribution is 0.374. The van der Waals surface area contributed by atoms with E-state index in [2.05, 4.69) is 30.1 Å².